The van der Waals surface area contributed by atoms with Gasteiger partial charge in [-0.25, -0.2) is 5.43 Å². The summed E-state index contributed by atoms with van der Waals surface area (Å²) >= 11 is 5.84. The number of para-hydroxylation sites is 1. The van der Waals surface area contributed by atoms with Crippen LogP contribution in [0.3, 0.4) is 0 Å². The van der Waals surface area contributed by atoms with Crippen molar-refractivity contribution in [3.63, 3.8) is 0 Å². The van der Waals surface area contributed by atoms with Gasteiger partial charge in [0.05, 0.1) is 17.5 Å². The van der Waals surface area contributed by atoms with Crippen molar-refractivity contribution in [1.29, 1.82) is 0 Å². The maximum absolute atomic E-state index is 12.7. The summed E-state index contributed by atoms with van der Waals surface area (Å²) in [6.45, 7) is 1.90. The van der Waals surface area contributed by atoms with Crippen molar-refractivity contribution < 1.29 is 19.5 Å². The van der Waals surface area contributed by atoms with Gasteiger partial charge in [-0.2, -0.15) is 5.10 Å². The number of benzene rings is 3. The number of phenols is 1. The molecule has 0 aliphatic carbocycles. The highest BCUT2D eigenvalue weighted by Crippen LogP contribution is 2.20. The van der Waals surface area contributed by atoms with Gasteiger partial charge in [-0.3, -0.25) is 14.4 Å². The molecule has 3 aromatic rings. The van der Waals surface area contributed by atoms with Crippen LogP contribution in [-0.2, 0) is 9.59 Å². The Morgan fingerprint density at radius 3 is 2.50 bits per heavy atom. The second-order valence-electron chi connectivity index (χ2n) is 6.73. The van der Waals surface area contributed by atoms with E-state index in [1.807, 2.05) is 25.1 Å². The van der Waals surface area contributed by atoms with Gasteiger partial charge in [0.1, 0.15) is 5.75 Å². The van der Waals surface area contributed by atoms with E-state index < -0.39 is 17.7 Å². The molecule has 32 heavy (non-hydrogen) atoms. The van der Waals surface area contributed by atoms with E-state index in [0.717, 1.165) is 11.8 Å². The van der Waals surface area contributed by atoms with Gasteiger partial charge in [0.15, 0.2) is 0 Å². The predicted octanol–water partition coefficient (Wildman–Crippen LogP) is 3.70. The van der Waals surface area contributed by atoms with E-state index in [1.54, 1.807) is 18.2 Å². The van der Waals surface area contributed by atoms with Crippen molar-refractivity contribution in [2.75, 3.05) is 10.6 Å². The van der Waals surface area contributed by atoms with Gasteiger partial charge in [0.25, 0.3) is 5.91 Å². The van der Waals surface area contributed by atoms with Crippen LogP contribution in [0.1, 0.15) is 21.5 Å². The molecule has 8 nitrogen and oxygen atoms in total. The number of nitrogens with zero attached hydrogens (tertiary/aromatic N) is 1. The van der Waals surface area contributed by atoms with Gasteiger partial charge < -0.3 is 15.7 Å². The molecular weight excluding hydrogens is 432 g/mol. The number of carbonyl (C=O) groups is 3. The van der Waals surface area contributed by atoms with E-state index in [4.69, 9.17) is 11.6 Å². The van der Waals surface area contributed by atoms with E-state index in [0.29, 0.717) is 10.7 Å². The van der Waals surface area contributed by atoms with Crippen LogP contribution >= 0.6 is 11.6 Å². The first-order valence-corrected chi connectivity index (χ1v) is 9.81. The zero-order chi connectivity index (χ0) is 23.1. The Kier molecular flexibility index (Phi) is 7.20. The lowest BCUT2D eigenvalue weighted by Gasteiger charge is -2.11. The maximum atomic E-state index is 12.7. The molecule has 0 bridgehead atoms. The molecule has 0 atom stereocenters. The molecule has 0 spiro atoms. The number of nitrogens with one attached hydrogen (secondary N) is 3. The Bertz CT molecular complexity index is 1210. The molecule has 3 amide bonds. The number of hydrazone groups is 1. The van der Waals surface area contributed by atoms with Crippen molar-refractivity contribution in [3.05, 3.63) is 88.4 Å². The normalized spacial score (nSPS) is 10.6. The molecule has 3 aromatic carbocycles. The molecule has 0 saturated carbocycles. The molecule has 0 aliphatic heterocycles. The monoisotopic (exact) mass is 450 g/mol. The third-order valence-corrected chi connectivity index (χ3v) is 4.50. The topological polar surface area (TPSA) is 120 Å². The molecular formula is C23H19ClN4O4. The summed E-state index contributed by atoms with van der Waals surface area (Å²) in [6, 6.07) is 17.9. The number of carbonyl (C=O) groups excluding carboxylic acids is 3. The SMILES string of the molecule is Cc1cccc(NC(=O)c2ccccc2NC(=O)C(=O)N/N=C\c2cc(Cl)ccc2O)c1. The molecule has 0 heterocycles. The number of aromatic hydroxyl groups is 1. The molecule has 162 valence electrons. The van der Waals surface area contributed by atoms with Gasteiger partial charge in [-0.05, 0) is 55.0 Å². The van der Waals surface area contributed by atoms with Crippen LogP contribution in [0, 0.1) is 6.92 Å². The number of rotatable bonds is 5. The zero-order valence-electron chi connectivity index (χ0n) is 16.9. The van der Waals surface area contributed by atoms with Gasteiger partial charge in [0, 0.05) is 16.3 Å². The standard InChI is InChI=1S/C23H19ClN4O4/c1-14-5-4-6-17(11-14)26-21(30)18-7-2-3-8-19(18)27-22(31)23(32)28-25-13-15-12-16(24)9-10-20(15)29/h2-13,29H,1H3,(H,26,30)(H,27,31)(H,28,32)/b25-13-. The fourth-order valence-electron chi connectivity index (χ4n) is 2.73. The first-order valence-electron chi connectivity index (χ1n) is 9.43. The number of halogens is 1. The highest BCUT2D eigenvalue weighted by Gasteiger charge is 2.18. The van der Waals surface area contributed by atoms with Crippen LogP contribution in [-0.4, -0.2) is 29.0 Å². The van der Waals surface area contributed by atoms with Gasteiger partial charge >= 0.3 is 11.8 Å². The summed E-state index contributed by atoms with van der Waals surface area (Å²) in [5.74, 6) is -2.61. The summed E-state index contributed by atoms with van der Waals surface area (Å²) < 4.78 is 0. The Labute approximate surface area is 188 Å². The minimum absolute atomic E-state index is 0.0922. The molecule has 3 rings (SSSR count). The van der Waals surface area contributed by atoms with Crippen molar-refractivity contribution in [2.24, 2.45) is 5.10 Å². The Balaban J connectivity index is 1.66. The third-order valence-electron chi connectivity index (χ3n) is 4.26. The maximum Gasteiger partial charge on any atom is 0.329 e. The van der Waals surface area contributed by atoms with Crippen molar-refractivity contribution >= 4 is 46.9 Å². The fraction of sp³-hybridized carbons (Fsp3) is 0.0435. The van der Waals surface area contributed by atoms with Crippen molar-refractivity contribution in [3.8, 4) is 5.75 Å². The number of hydrogen-bond donors (Lipinski definition) is 4. The lowest BCUT2D eigenvalue weighted by atomic mass is 10.1. The van der Waals surface area contributed by atoms with E-state index in [9.17, 15) is 19.5 Å². The Morgan fingerprint density at radius 1 is 0.938 bits per heavy atom. The van der Waals surface area contributed by atoms with Crippen LogP contribution in [0.15, 0.2) is 71.8 Å². The molecule has 0 saturated heterocycles. The average Bonchev–Trinajstić information content (AvgIpc) is 2.76. The number of anilines is 2. The average molecular weight is 451 g/mol. The van der Waals surface area contributed by atoms with Crippen LogP contribution in [0.5, 0.6) is 5.75 Å². The Hall–Kier alpha value is -4.17. The highest BCUT2D eigenvalue weighted by molar-refractivity contribution is 6.40. The quantitative estimate of drug-likeness (QED) is 0.269. The summed E-state index contributed by atoms with van der Waals surface area (Å²) in [5.41, 5.74) is 4.24. The minimum atomic E-state index is -1.06. The van der Waals surface area contributed by atoms with Crippen LogP contribution < -0.4 is 16.1 Å². The first-order chi connectivity index (χ1) is 15.3. The molecule has 0 radical (unpaired) electrons. The summed E-state index contributed by atoms with van der Waals surface area (Å²) in [5, 5.41) is 18.9. The smallest absolute Gasteiger partial charge is 0.329 e. The third kappa shape index (κ3) is 5.93. The van der Waals surface area contributed by atoms with E-state index in [2.05, 4.69) is 21.2 Å². The first kappa shape index (κ1) is 22.5. The van der Waals surface area contributed by atoms with Gasteiger partial charge in [-0.1, -0.05) is 35.9 Å². The van der Waals surface area contributed by atoms with Gasteiger partial charge in [0.2, 0.25) is 0 Å². The lowest BCUT2D eigenvalue weighted by molar-refractivity contribution is -0.136. The second kappa shape index (κ2) is 10.2. The van der Waals surface area contributed by atoms with E-state index in [-0.39, 0.29) is 22.6 Å². The van der Waals surface area contributed by atoms with Crippen LogP contribution in [0.4, 0.5) is 11.4 Å². The molecule has 0 aliphatic rings. The van der Waals surface area contributed by atoms with E-state index >= 15 is 0 Å². The zero-order valence-corrected chi connectivity index (χ0v) is 17.7. The second-order valence-corrected chi connectivity index (χ2v) is 7.16. The number of aryl methyl sites for hydroxylation is 1. The predicted molar refractivity (Wildman–Crippen MR) is 123 cm³/mol. The molecule has 0 fully saturated rings. The lowest BCUT2D eigenvalue weighted by Crippen LogP contribution is -2.33. The number of phenolic OH excluding ortho intramolecular Hbond substituents is 1. The summed E-state index contributed by atoms with van der Waals surface area (Å²) in [7, 11) is 0. The number of amides is 3. The summed E-state index contributed by atoms with van der Waals surface area (Å²) in [6.07, 6.45) is 1.15. The number of hydrogen-bond acceptors (Lipinski definition) is 5. The van der Waals surface area contributed by atoms with Crippen molar-refractivity contribution in [1.82, 2.24) is 5.43 Å². The van der Waals surface area contributed by atoms with Crippen LogP contribution in [0.2, 0.25) is 5.02 Å². The molecule has 0 aromatic heterocycles. The Morgan fingerprint density at radius 2 is 1.72 bits per heavy atom. The molecule has 0 unspecified atom stereocenters. The minimum Gasteiger partial charge on any atom is -0.507 e. The molecule has 4 N–H and O–H groups in total. The summed E-state index contributed by atoms with van der Waals surface area (Å²) in [4.78, 5) is 37.0. The largest absolute Gasteiger partial charge is 0.507 e. The fourth-order valence-corrected chi connectivity index (χ4v) is 2.91. The van der Waals surface area contributed by atoms with Crippen molar-refractivity contribution in [2.45, 2.75) is 6.92 Å². The van der Waals surface area contributed by atoms with E-state index in [1.165, 1.54) is 30.3 Å². The molecule has 9 heteroatoms. The van der Waals surface area contributed by atoms with Crippen LogP contribution in [0.25, 0.3) is 0 Å². The highest BCUT2D eigenvalue weighted by atomic mass is 35.5. The van der Waals surface area contributed by atoms with Gasteiger partial charge in [-0.15, -0.1) is 0 Å².